The van der Waals surface area contributed by atoms with Crippen LogP contribution in [0.15, 0.2) is 30.3 Å². The fourth-order valence-corrected chi connectivity index (χ4v) is 4.10. The summed E-state index contributed by atoms with van der Waals surface area (Å²) in [6, 6.07) is 9.06. The number of hydrogen-bond acceptors (Lipinski definition) is 6. The quantitative estimate of drug-likeness (QED) is 0.594. The molecule has 6 nitrogen and oxygen atoms in total. The van der Waals surface area contributed by atoms with E-state index >= 15 is 0 Å². The molecule has 4 N–H and O–H groups in total. The smallest absolute Gasteiger partial charge is 0.132 e. The minimum atomic E-state index is -1.57. The molecule has 2 aromatic carbocycles. The molecule has 1 aliphatic carbocycles. The maximum absolute atomic E-state index is 14.8. The van der Waals surface area contributed by atoms with E-state index in [0.29, 0.717) is 17.7 Å². The number of aliphatic hydroxyl groups excluding tert-OH is 4. The maximum Gasteiger partial charge on any atom is 0.132 e. The van der Waals surface area contributed by atoms with Crippen molar-refractivity contribution in [3.05, 3.63) is 64.0 Å². The molecule has 1 aliphatic heterocycles. The molecule has 0 amide bonds. The van der Waals surface area contributed by atoms with Crippen molar-refractivity contribution in [2.75, 3.05) is 13.7 Å². The Morgan fingerprint density at radius 1 is 1.03 bits per heavy atom. The lowest BCUT2D eigenvalue weighted by Gasteiger charge is -2.40. The fourth-order valence-electron chi connectivity index (χ4n) is 4.10. The van der Waals surface area contributed by atoms with Gasteiger partial charge in [-0.05, 0) is 41.2 Å². The second-order valence-electron chi connectivity index (χ2n) is 7.71. The van der Waals surface area contributed by atoms with Gasteiger partial charge < -0.3 is 29.9 Å². The van der Waals surface area contributed by atoms with E-state index in [4.69, 9.17) is 9.47 Å². The molecular formula is C22H25FO6. The highest BCUT2D eigenvalue weighted by molar-refractivity contribution is 5.45. The fraction of sp³-hybridized carbons (Fsp3) is 0.455. The molecule has 7 heteroatoms. The number of aryl methyl sites for hydroxylation is 2. The predicted octanol–water partition coefficient (Wildman–Crippen LogP) is 1.04. The first-order valence-corrected chi connectivity index (χ1v) is 9.70. The Morgan fingerprint density at radius 2 is 1.79 bits per heavy atom. The average molecular weight is 404 g/mol. The molecule has 5 atom stereocenters. The number of fused-ring (bicyclic) bond motifs is 1. The molecule has 0 radical (unpaired) electrons. The number of halogens is 1. The van der Waals surface area contributed by atoms with Crippen LogP contribution in [-0.4, -0.2) is 58.6 Å². The summed E-state index contributed by atoms with van der Waals surface area (Å²) in [5.74, 6) is -0.286. The molecule has 0 unspecified atom stereocenters. The van der Waals surface area contributed by atoms with Crippen molar-refractivity contribution in [3.8, 4) is 5.75 Å². The first-order chi connectivity index (χ1) is 13.9. The minimum absolute atomic E-state index is 0.0432. The van der Waals surface area contributed by atoms with Crippen molar-refractivity contribution in [2.45, 2.75) is 49.8 Å². The van der Waals surface area contributed by atoms with Crippen LogP contribution < -0.4 is 4.74 Å². The van der Waals surface area contributed by atoms with Crippen LogP contribution in [0.25, 0.3) is 0 Å². The van der Waals surface area contributed by atoms with Gasteiger partial charge >= 0.3 is 0 Å². The van der Waals surface area contributed by atoms with E-state index in [1.807, 2.05) is 6.07 Å². The summed E-state index contributed by atoms with van der Waals surface area (Å²) in [5.41, 5.74) is 4.48. The third kappa shape index (κ3) is 3.65. The number of hydrogen-bond donors (Lipinski definition) is 4. The molecule has 2 aromatic rings. The van der Waals surface area contributed by atoms with Gasteiger partial charge in [-0.25, -0.2) is 4.39 Å². The summed E-state index contributed by atoms with van der Waals surface area (Å²) in [4.78, 5) is 0. The van der Waals surface area contributed by atoms with Crippen LogP contribution in [-0.2, 0) is 24.0 Å². The lowest BCUT2D eigenvalue weighted by atomic mass is 9.85. The first-order valence-electron chi connectivity index (χ1n) is 9.70. The van der Waals surface area contributed by atoms with Gasteiger partial charge in [-0.2, -0.15) is 0 Å². The third-order valence-electron chi connectivity index (χ3n) is 5.93. The highest BCUT2D eigenvalue weighted by atomic mass is 19.1. The van der Waals surface area contributed by atoms with Crippen LogP contribution in [0, 0.1) is 5.82 Å². The predicted molar refractivity (Wildman–Crippen MR) is 102 cm³/mol. The number of benzene rings is 2. The Hall–Kier alpha value is -2.03. The van der Waals surface area contributed by atoms with Gasteiger partial charge in [-0.3, -0.25) is 0 Å². The number of ether oxygens (including phenoxy) is 2. The van der Waals surface area contributed by atoms with Crippen LogP contribution in [0.5, 0.6) is 5.75 Å². The van der Waals surface area contributed by atoms with Crippen LogP contribution in [0.3, 0.4) is 0 Å². The van der Waals surface area contributed by atoms with Crippen molar-refractivity contribution in [3.63, 3.8) is 0 Å². The van der Waals surface area contributed by atoms with E-state index < -0.39 is 42.9 Å². The number of methoxy groups -OCH3 is 1. The second kappa shape index (κ2) is 8.01. The molecule has 1 saturated heterocycles. The molecule has 29 heavy (non-hydrogen) atoms. The van der Waals surface area contributed by atoms with Crippen LogP contribution in [0.4, 0.5) is 4.39 Å². The first kappa shape index (κ1) is 20.3. The molecule has 156 valence electrons. The summed E-state index contributed by atoms with van der Waals surface area (Å²) < 4.78 is 25.7. The van der Waals surface area contributed by atoms with E-state index in [-0.39, 0.29) is 5.56 Å². The summed E-state index contributed by atoms with van der Waals surface area (Å²) in [7, 11) is 1.46. The van der Waals surface area contributed by atoms with Gasteiger partial charge in [0.05, 0.1) is 13.7 Å². The van der Waals surface area contributed by atoms with E-state index in [2.05, 4.69) is 12.1 Å². The molecule has 2 aliphatic rings. The second-order valence-corrected chi connectivity index (χ2v) is 7.71. The van der Waals surface area contributed by atoms with Gasteiger partial charge in [0, 0.05) is 18.1 Å². The monoisotopic (exact) mass is 404 g/mol. The SMILES string of the molecule is COc1cc(F)c([C@@H]2O[C@H](CO)[C@@H](O)[C@H](O)[C@H]2O)cc1Cc1ccc2c(c1)CC2. The topological polar surface area (TPSA) is 99.4 Å². The molecule has 1 fully saturated rings. The number of aliphatic hydroxyl groups is 4. The maximum atomic E-state index is 14.8. The van der Waals surface area contributed by atoms with Gasteiger partial charge in [-0.1, -0.05) is 18.2 Å². The summed E-state index contributed by atoms with van der Waals surface area (Å²) in [6.07, 6.45) is -4.28. The zero-order valence-corrected chi connectivity index (χ0v) is 16.1. The van der Waals surface area contributed by atoms with Gasteiger partial charge in [0.15, 0.2) is 0 Å². The largest absolute Gasteiger partial charge is 0.496 e. The Bertz CT molecular complexity index is 899. The Morgan fingerprint density at radius 3 is 2.41 bits per heavy atom. The van der Waals surface area contributed by atoms with Crippen LogP contribution in [0.2, 0.25) is 0 Å². The van der Waals surface area contributed by atoms with Crippen LogP contribution in [0.1, 0.15) is 33.9 Å². The zero-order chi connectivity index (χ0) is 20.7. The summed E-state index contributed by atoms with van der Waals surface area (Å²) in [5, 5.41) is 39.8. The van der Waals surface area contributed by atoms with Crippen LogP contribution >= 0.6 is 0 Å². The lowest BCUT2D eigenvalue weighted by Crippen LogP contribution is -2.55. The van der Waals surface area contributed by atoms with Crippen molar-refractivity contribution in [1.29, 1.82) is 0 Å². The molecule has 1 heterocycles. The Balaban J connectivity index is 1.68. The summed E-state index contributed by atoms with van der Waals surface area (Å²) >= 11 is 0. The van der Waals surface area contributed by atoms with Crippen molar-refractivity contribution < 1.29 is 34.3 Å². The molecule has 0 saturated carbocycles. The van der Waals surface area contributed by atoms with Crippen molar-refractivity contribution in [2.24, 2.45) is 0 Å². The normalized spacial score (nSPS) is 28.6. The van der Waals surface area contributed by atoms with E-state index in [1.54, 1.807) is 6.07 Å². The number of rotatable bonds is 5. The molecular weight excluding hydrogens is 379 g/mol. The highest BCUT2D eigenvalue weighted by Gasteiger charge is 2.45. The van der Waals surface area contributed by atoms with Gasteiger partial charge in [-0.15, -0.1) is 0 Å². The van der Waals surface area contributed by atoms with E-state index in [0.717, 1.165) is 18.4 Å². The van der Waals surface area contributed by atoms with E-state index in [1.165, 1.54) is 24.3 Å². The van der Waals surface area contributed by atoms with Crippen molar-refractivity contribution >= 4 is 0 Å². The molecule has 0 spiro atoms. The zero-order valence-electron chi connectivity index (χ0n) is 16.1. The standard InChI is InChI=1S/C22H25FO6/c1-28-17-9-16(23)15(22-21(27)20(26)19(25)18(10-24)29-22)8-14(17)7-11-2-3-12-4-5-13(12)6-11/h2-3,6,8-9,18-22,24-27H,4-5,7,10H2,1H3/t18-,19-,20+,21-,22+/m1/s1. The van der Waals surface area contributed by atoms with Gasteiger partial charge in [0.2, 0.25) is 0 Å². The van der Waals surface area contributed by atoms with Crippen molar-refractivity contribution in [1.82, 2.24) is 0 Å². The lowest BCUT2D eigenvalue weighted by molar-refractivity contribution is -0.232. The third-order valence-corrected chi connectivity index (χ3v) is 5.93. The van der Waals surface area contributed by atoms with Gasteiger partial charge in [0.1, 0.15) is 42.1 Å². The Labute approximate surface area is 168 Å². The highest BCUT2D eigenvalue weighted by Crippen LogP contribution is 2.37. The molecule has 0 aromatic heterocycles. The summed E-state index contributed by atoms with van der Waals surface area (Å²) in [6.45, 7) is -0.568. The molecule has 4 rings (SSSR count). The van der Waals surface area contributed by atoms with Gasteiger partial charge in [0.25, 0.3) is 0 Å². The van der Waals surface area contributed by atoms with E-state index in [9.17, 15) is 24.8 Å². The minimum Gasteiger partial charge on any atom is -0.496 e. The Kier molecular flexibility index (Phi) is 5.59. The average Bonchev–Trinajstić information content (AvgIpc) is 2.70. The molecule has 0 bridgehead atoms.